The van der Waals surface area contributed by atoms with Gasteiger partial charge in [-0.05, 0) is 83.5 Å². The highest BCUT2D eigenvalue weighted by atomic mass is 31.2. The summed E-state index contributed by atoms with van der Waals surface area (Å²) in [6.45, 7) is 4.48. The number of aliphatic hydroxyl groups excluding tert-OH is 1. The van der Waals surface area contributed by atoms with Gasteiger partial charge in [0, 0.05) is 19.3 Å². The maximum absolute atomic E-state index is 12.9. The first-order valence-corrected chi connectivity index (χ1v) is 33.0. The summed E-state index contributed by atoms with van der Waals surface area (Å²) in [7, 11) is -4.77. The smallest absolute Gasteiger partial charge is 0.462 e. The lowest BCUT2D eigenvalue weighted by Gasteiger charge is -2.21. The van der Waals surface area contributed by atoms with Crippen LogP contribution in [-0.4, -0.2) is 66.5 Å². The van der Waals surface area contributed by atoms with Gasteiger partial charge in [0.15, 0.2) is 6.10 Å². The van der Waals surface area contributed by atoms with Crippen LogP contribution in [0.5, 0.6) is 0 Å². The van der Waals surface area contributed by atoms with Crippen molar-refractivity contribution in [2.75, 3.05) is 26.4 Å². The van der Waals surface area contributed by atoms with E-state index < -0.39 is 57.8 Å². The third-order valence-corrected chi connectivity index (χ3v) is 14.3. The van der Waals surface area contributed by atoms with Gasteiger partial charge in [-0.25, -0.2) is 4.57 Å². The fourth-order valence-corrected chi connectivity index (χ4v) is 9.34. The summed E-state index contributed by atoms with van der Waals surface area (Å²) in [5.41, 5.74) is 0. The summed E-state index contributed by atoms with van der Waals surface area (Å²) < 4.78 is 39.6. The van der Waals surface area contributed by atoms with Crippen molar-refractivity contribution < 1.29 is 52.2 Å². The molecule has 0 aliphatic rings. The minimum absolute atomic E-state index is 0.0992. The van der Waals surface area contributed by atoms with E-state index in [9.17, 15) is 28.9 Å². The van der Waals surface area contributed by atoms with Crippen molar-refractivity contribution in [1.29, 1.82) is 0 Å². The molecular weight excluding hydrogens is 1000 g/mol. The molecule has 0 bridgehead atoms. The van der Waals surface area contributed by atoms with Crippen LogP contribution in [-0.2, 0) is 42.2 Å². The van der Waals surface area contributed by atoms with Crippen LogP contribution in [0.4, 0.5) is 0 Å². The van der Waals surface area contributed by atoms with Crippen molar-refractivity contribution in [3.05, 3.63) is 85.1 Å². The highest BCUT2D eigenvalue weighted by Crippen LogP contribution is 2.43. The molecule has 3 atom stereocenters. The summed E-state index contributed by atoms with van der Waals surface area (Å²) in [5, 5.41) is 9.84. The molecule has 0 aromatic carbocycles. The lowest BCUT2D eigenvalue weighted by molar-refractivity contribution is -0.161. The second-order valence-electron chi connectivity index (χ2n) is 20.8. The van der Waals surface area contributed by atoms with Crippen molar-refractivity contribution in [3.63, 3.8) is 0 Å². The summed E-state index contributed by atoms with van der Waals surface area (Å²) in [5.74, 6) is -1.56. The third-order valence-electron chi connectivity index (χ3n) is 13.3. The topological polar surface area (TPSA) is 155 Å². The van der Waals surface area contributed by atoms with E-state index in [1.54, 1.807) is 0 Å². The van der Waals surface area contributed by atoms with Crippen molar-refractivity contribution in [2.45, 2.75) is 290 Å². The largest absolute Gasteiger partial charge is 0.472 e. The highest BCUT2D eigenvalue weighted by molar-refractivity contribution is 7.47. The van der Waals surface area contributed by atoms with Gasteiger partial charge in [-0.1, -0.05) is 260 Å². The first-order valence-electron chi connectivity index (χ1n) is 31.5. The predicted molar refractivity (Wildman–Crippen MR) is 325 cm³/mol. The Morgan fingerprint density at radius 3 is 1.08 bits per heavy atom. The molecule has 78 heavy (non-hydrogen) atoms. The second kappa shape index (κ2) is 59.8. The van der Waals surface area contributed by atoms with Crippen molar-refractivity contribution in [3.8, 4) is 0 Å². The summed E-state index contributed by atoms with van der Waals surface area (Å²) in [6, 6.07) is 0. The monoisotopic (exact) mass is 1110 g/mol. The molecule has 0 amide bonds. The van der Waals surface area contributed by atoms with E-state index in [1.165, 1.54) is 128 Å². The van der Waals surface area contributed by atoms with Gasteiger partial charge < -0.3 is 24.2 Å². The van der Waals surface area contributed by atoms with Crippen LogP contribution in [0.15, 0.2) is 85.1 Å². The lowest BCUT2D eigenvalue weighted by atomic mass is 10.0. The summed E-state index contributed by atoms with van der Waals surface area (Å²) in [6.07, 6.45) is 69.8. The number of aliphatic hydroxyl groups is 1. The number of phosphoric ester groups is 1. The van der Waals surface area contributed by atoms with E-state index in [-0.39, 0.29) is 25.9 Å². The van der Waals surface area contributed by atoms with Crippen LogP contribution >= 0.6 is 7.82 Å². The molecule has 0 aromatic rings. The zero-order chi connectivity index (χ0) is 56.9. The molecule has 12 heteroatoms. The van der Waals surface area contributed by atoms with Crippen LogP contribution in [0.2, 0.25) is 0 Å². The molecule has 3 unspecified atom stereocenters. The van der Waals surface area contributed by atoms with E-state index in [4.69, 9.17) is 23.3 Å². The number of carbonyl (C=O) groups is 3. The second-order valence-corrected chi connectivity index (χ2v) is 22.3. The summed E-state index contributed by atoms with van der Waals surface area (Å²) >= 11 is 0. The van der Waals surface area contributed by atoms with Crippen molar-refractivity contribution in [1.82, 2.24) is 0 Å². The summed E-state index contributed by atoms with van der Waals surface area (Å²) in [4.78, 5) is 48.7. The molecule has 0 spiro atoms. The Morgan fingerprint density at radius 1 is 0.372 bits per heavy atom. The SMILES string of the molecule is CC/C=C\C/C=C\C/C=C\C/C=C\C/C=C\C/C=C\CCC(=O)OCC(COP(=O)(O)OCC(CO)OC(=O)CCCCCCCCCCCCCCCCC)OC(=O)CCCCCCCCC/C=C\CCCCCCCC. The molecule has 450 valence electrons. The number of allylic oxidation sites excluding steroid dienone is 14. The zero-order valence-corrected chi connectivity index (χ0v) is 50.8. The quantitative estimate of drug-likeness (QED) is 0.0197. The van der Waals surface area contributed by atoms with Crippen LogP contribution in [0.1, 0.15) is 278 Å². The number of ether oxygens (including phenoxy) is 3. The number of rotatable bonds is 58. The van der Waals surface area contributed by atoms with Crippen LogP contribution in [0.3, 0.4) is 0 Å². The number of unbranched alkanes of at least 4 members (excludes halogenated alkanes) is 27. The number of hydrogen-bond donors (Lipinski definition) is 2. The predicted octanol–water partition coefficient (Wildman–Crippen LogP) is 19.0. The van der Waals surface area contributed by atoms with Crippen molar-refractivity contribution >= 4 is 25.7 Å². The Hall–Kier alpha value is -3.34. The molecular formula is C66H115O11P. The van der Waals surface area contributed by atoms with E-state index in [2.05, 4.69) is 93.7 Å². The third kappa shape index (κ3) is 57.3. The molecule has 0 radical (unpaired) electrons. The van der Waals surface area contributed by atoms with Gasteiger partial charge in [0.2, 0.25) is 0 Å². The van der Waals surface area contributed by atoms with Crippen molar-refractivity contribution in [2.24, 2.45) is 0 Å². The molecule has 0 aromatic heterocycles. The average Bonchev–Trinajstić information content (AvgIpc) is 3.43. The maximum Gasteiger partial charge on any atom is 0.472 e. The minimum atomic E-state index is -4.77. The molecule has 0 saturated heterocycles. The van der Waals surface area contributed by atoms with E-state index >= 15 is 0 Å². The minimum Gasteiger partial charge on any atom is -0.462 e. The first-order chi connectivity index (χ1) is 38.2. The van der Waals surface area contributed by atoms with E-state index in [0.717, 1.165) is 89.9 Å². The van der Waals surface area contributed by atoms with E-state index in [1.807, 2.05) is 12.2 Å². The van der Waals surface area contributed by atoms with E-state index in [0.29, 0.717) is 19.3 Å². The number of phosphoric acid groups is 1. The van der Waals surface area contributed by atoms with Gasteiger partial charge in [0.05, 0.1) is 19.8 Å². The lowest BCUT2D eigenvalue weighted by Crippen LogP contribution is -2.30. The zero-order valence-electron chi connectivity index (χ0n) is 49.9. The molecule has 0 fully saturated rings. The molecule has 0 rings (SSSR count). The highest BCUT2D eigenvalue weighted by Gasteiger charge is 2.28. The number of esters is 3. The Kier molecular flexibility index (Phi) is 57.2. The van der Waals surface area contributed by atoms with Gasteiger partial charge in [-0.3, -0.25) is 23.4 Å². The van der Waals surface area contributed by atoms with Crippen LogP contribution in [0, 0.1) is 0 Å². The standard InChI is InChI=1S/C66H115O11P/c1-4-7-10-13-16-19-22-25-28-30-31-33-35-37-40-43-46-49-52-55-64(68)73-59-63(77-66(70)57-54-51-48-45-42-39-36-32-29-26-23-20-17-14-11-8-5-2)61-75-78(71,72)74-60-62(58-67)76-65(69)56-53-50-47-44-41-38-34-27-24-21-18-15-12-9-6-3/h7,10,16,19,25-26,28-29,31,33,37,40,46,49,62-63,67H,4-6,8-9,11-15,17-18,20-24,27,30,32,34-36,38-39,41-45,47-48,50-61H2,1-3H3,(H,71,72)/b10-7-,19-16-,28-25-,29-26-,33-31-,40-37-,49-46-. The number of carbonyl (C=O) groups excluding carboxylic acids is 3. The number of hydrogen-bond acceptors (Lipinski definition) is 10. The average molecular weight is 1120 g/mol. The molecule has 0 heterocycles. The van der Waals surface area contributed by atoms with Crippen LogP contribution in [0.25, 0.3) is 0 Å². The Bertz CT molecular complexity index is 1630. The van der Waals surface area contributed by atoms with Crippen LogP contribution < -0.4 is 0 Å². The Morgan fingerprint density at radius 2 is 0.692 bits per heavy atom. The first kappa shape index (κ1) is 74.7. The normalized spacial score (nSPS) is 13.9. The molecule has 2 N–H and O–H groups in total. The molecule has 0 saturated carbocycles. The van der Waals surface area contributed by atoms with Gasteiger partial charge in [0.1, 0.15) is 12.7 Å². The molecule has 0 aliphatic heterocycles. The fraction of sp³-hybridized carbons (Fsp3) is 0.742. The maximum atomic E-state index is 12.9. The van der Waals surface area contributed by atoms with Gasteiger partial charge >= 0.3 is 25.7 Å². The van der Waals surface area contributed by atoms with Gasteiger partial charge in [0.25, 0.3) is 0 Å². The molecule has 0 aliphatic carbocycles. The van der Waals surface area contributed by atoms with Gasteiger partial charge in [-0.2, -0.15) is 0 Å². The Balaban J connectivity index is 4.80. The van der Waals surface area contributed by atoms with Gasteiger partial charge in [-0.15, -0.1) is 0 Å². The fourth-order valence-electron chi connectivity index (χ4n) is 8.55. The Labute approximate surface area is 477 Å². The molecule has 11 nitrogen and oxygen atoms in total.